The molecule has 1 aliphatic heterocycles. The maximum Gasteiger partial charge on any atom is 0.490 e. The van der Waals surface area contributed by atoms with Crippen molar-refractivity contribution in [3.05, 3.63) is 65.9 Å². The van der Waals surface area contributed by atoms with Gasteiger partial charge in [0.25, 0.3) is 0 Å². The predicted octanol–water partition coefficient (Wildman–Crippen LogP) is 4.27. The second kappa shape index (κ2) is 12.4. The molecule has 1 unspecified atom stereocenters. The molecule has 8 nitrogen and oxygen atoms in total. The zero-order valence-electron chi connectivity index (χ0n) is 19.3. The molecule has 2 aromatic carbocycles. The summed E-state index contributed by atoms with van der Waals surface area (Å²) in [6.07, 6.45) is -2.06. The minimum Gasteiger partial charge on any atom is -0.493 e. The molecule has 1 aliphatic rings. The molecule has 1 saturated heterocycles. The quantitative estimate of drug-likeness (QED) is 0.417. The highest BCUT2D eigenvalue weighted by molar-refractivity contribution is 5.83. The fourth-order valence-corrected chi connectivity index (χ4v) is 3.76. The molecule has 4 rings (SSSR count). The Morgan fingerprint density at radius 3 is 2.47 bits per heavy atom. The van der Waals surface area contributed by atoms with Crippen molar-refractivity contribution in [1.29, 1.82) is 0 Å². The molecule has 0 radical (unpaired) electrons. The Labute approximate surface area is 205 Å². The van der Waals surface area contributed by atoms with Gasteiger partial charge in [-0.15, -0.1) is 0 Å². The summed E-state index contributed by atoms with van der Waals surface area (Å²) >= 11 is 0. The van der Waals surface area contributed by atoms with Gasteiger partial charge in [-0.25, -0.2) is 4.79 Å². The zero-order chi connectivity index (χ0) is 26.1. The highest BCUT2D eigenvalue weighted by Gasteiger charge is 2.38. The largest absolute Gasteiger partial charge is 0.493 e. The predicted molar refractivity (Wildman–Crippen MR) is 125 cm³/mol. The first-order valence-electron chi connectivity index (χ1n) is 11.3. The van der Waals surface area contributed by atoms with Crippen molar-refractivity contribution < 1.29 is 42.4 Å². The average molecular weight is 508 g/mol. The van der Waals surface area contributed by atoms with Gasteiger partial charge in [0, 0.05) is 43.2 Å². The van der Waals surface area contributed by atoms with Gasteiger partial charge < -0.3 is 24.7 Å². The van der Waals surface area contributed by atoms with Crippen LogP contribution in [0.25, 0.3) is 10.9 Å². The van der Waals surface area contributed by atoms with E-state index in [1.54, 1.807) is 0 Å². The van der Waals surface area contributed by atoms with E-state index in [1.165, 1.54) is 10.9 Å². The number of aromatic amines is 1. The van der Waals surface area contributed by atoms with Gasteiger partial charge in [0.05, 0.1) is 25.7 Å². The van der Waals surface area contributed by atoms with Crippen molar-refractivity contribution in [2.45, 2.75) is 25.1 Å². The minimum atomic E-state index is -5.08. The van der Waals surface area contributed by atoms with E-state index in [4.69, 9.17) is 24.5 Å². The highest BCUT2D eigenvalue weighted by atomic mass is 19.4. The third kappa shape index (κ3) is 7.99. The first-order valence-corrected chi connectivity index (χ1v) is 11.3. The number of carboxylic acids is 2. The van der Waals surface area contributed by atoms with Crippen molar-refractivity contribution in [3.8, 4) is 5.75 Å². The minimum absolute atomic E-state index is 0.0298. The maximum atomic E-state index is 10.8. The number of para-hydroxylation sites is 1. The zero-order valence-corrected chi connectivity index (χ0v) is 19.3. The lowest BCUT2D eigenvalue weighted by atomic mass is 10.1. The third-order valence-electron chi connectivity index (χ3n) is 5.60. The Balaban J connectivity index is 0.000000454. The summed E-state index contributed by atoms with van der Waals surface area (Å²) < 4.78 is 43.5. The number of aliphatic carboxylic acids is 2. The van der Waals surface area contributed by atoms with Gasteiger partial charge in [-0.05, 0) is 29.3 Å². The number of halogens is 3. The van der Waals surface area contributed by atoms with E-state index >= 15 is 0 Å². The normalized spacial score (nSPS) is 16.2. The standard InChI is InChI=1S/C23H26N2O4.C2HF3O2/c26-23(27)9-11-25-12-14-29-22(16-25)17-5-7-19(8-6-17)28-13-10-18-15-24-21-4-2-1-3-20(18)21;3-2(4,5)1(6)7/h1-8,15,22,24H,9-14,16H2,(H,26,27);(H,6,7). The van der Waals surface area contributed by atoms with Gasteiger partial charge >= 0.3 is 18.1 Å². The molecule has 1 atom stereocenters. The lowest BCUT2D eigenvalue weighted by Crippen LogP contribution is -2.39. The molecule has 1 fully saturated rings. The number of alkyl halides is 3. The number of hydrogen-bond donors (Lipinski definition) is 3. The highest BCUT2D eigenvalue weighted by Crippen LogP contribution is 2.25. The Hall–Kier alpha value is -3.57. The van der Waals surface area contributed by atoms with Crippen LogP contribution in [0.5, 0.6) is 5.75 Å². The smallest absolute Gasteiger partial charge is 0.490 e. The van der Waals surface area contributed by atoms with Crippen LogP contribution in [0.3, 0.4) is 0 Å². The molecule has 36 heavy (non-hydrogen) atoms. The number of H-pyrrole nitrogens is 1. The topological polar surface area (TPSA) is 112 Å². The monoisotopic (exact) mass is 508 g/mol. The van der Waals surface area contributed by atoms with Crippen LogP contribution in [-0.4, -0.2) is 71.1 Å². The molecule has 0 bridgehead atoms. The van der Waals surface area contributed by atoms with Crippen LogP contribution in [0, 0.1) is 0 Å². The number of morpholine rings is 1. The maximum absolute atomic E-state index is 10.8. The Morgan fingerprint density at radius 2 is 1.81 bits per heavy atom. The molecule has 1 aromatic heterocycles. The number of rotatable bonds is 8. The van der Waals surface area contributed by atoms with Gasteiger partial charge in [-0.1, -0.05) is 30.3 Å². The molecule has 0 saturated carbocycles. The van der Waals surface area contributed by atoms with Gasteiger partial charge in [0.1, 0.15) is 5.75 Å². The number of aromatic nitrogens is 1. The Kier molecular flexibility index (Phi) is 9.31. The summed E-state index contributed by atoms with van der Waals surface area (Å²) in [6.45, 7) is 3.29. The first-order chi connectivity index (χ1) is 17.1. The second-order valence-corrected chi connectivity index (χ2v) is 8.13. The van der Waals surface area contributed by atoms with E-state index in [9.17, 15) is 18.0 Å². The van der Waals surface area contributed by atoms with Crippen LogP contribution in [0.2, 0.25) is 0 Å². The van der Waals surface area contributed by atoms with E-state index in [0.29, 0.717) is 26.3 Å². The van der Waals surface area contributed by atoms with Crippen molar-refractivity contribution in [2.75, 3.05) is 32.8 Å². The molecule has 3 aromatic rings. The number of nitrogens with zero attached hydrogens (tertiary/aromatic N) is 1. The van der Waals surface area contributed by atoms with Crippen LogP contribution >= 0.6 is 0 Å². The number of fused-ring (bicyclic) bond motifs is 1. The third-order valence-corrected chi connectivity index (χ3v) is 5.60. The SMILES string of the molecule is O=C(O)C(F)(F)F.O=C(O)CCN1CCOC(c2ccc(OCCc3c[nH]c4ccccc34)cc2)C1. The van der Waals surface area contributed by atoms with Crippen molar-refractivity contribution in [3.63, 3.8) is 0 Å². The molecule has 0 aliphatic carbocycles. The Morgan fingerprint density at radius 1 is 1.11 bits per heavy atom. The fourth-order valence-electron chi connectivity index (χ4n) is 3.76. The summed E-state index contributed by atoms with van der Waals surface area (Å²) in [4.78, 5) is 25.1. The van der Waals surface area contributed by atoms with Gasteiger partial charge in [0.15, 0.2) is 0 Å². The van der Waals surface area contributed by atoms with Crippen molar-refractivity contribution in [2.24, 2.45) is 0 Å². The second-order valence-electron chi connectivity index (χ2n) is 8.13. The van der Waals surface area contributed by atoms with Gasteiger partial charge in [-0.3, -0.25) is 9.69 Å². The summed E-state index contributed by atoms with van der Waals surface area (Å²) in [5.41, 5.74) is 3.50. The average Bonchev–Trinajstić information content (AvgIpc) is 3.26. The molecule has 11 heteroatoms. The number of carbonyl (C=O) groups is 2. The van der Waals surface area contributed by atoms with Crippen molar-refractivity contribution >= 4 is 22.8 Å². The first kappa shape index (κ1) is 27.0. The number of carboxylic acid groups (broad SMARTS) is 2. The molecule has 194 valence electrons. The summed E-state index contributed by atoms with van der Waals surface area (Å²) in [6, 6.07) is 16.3. The van der Waals surface area contributed by atoms with E-state index in [0.717, 1.165) is 29.8 Å². The molecule has 2 heterocycles. The van der Waals surface area contributed by atoms with E-state index in [2.05, 4.69) is 28.1 Å². The molecular formula is C25H27F3N2O6. The number of ether oxygens (including phenoxy) is 2. The molecule has 3 N–H and O–H groups in total. The van der Waals surface area contributed by atoms with Gasteiger partial charge in [-0.2, -0.15) is 13.2 Å². The van der Waals surface area contributed by atoms with E-state index in [-0.39, 0.29) is 12.5 Å². The summed E-state index contributed by atoms with van der Waals surface area (Å²) in [5, 5.41) is 17.2. The van der Waals surface area contributed by atoms with Gasteiger partial charge in [0.2, 0.25) is 0 Å². The van der Waals surface area contributed by atoms with Crippen LogP contribution in [0.1, 0.15) is 23.7 Å². The van der Waals surface area contributed by atoms with Crippen LogP contribution < -0.4 is 4.74 Å². The van der Waals surface area contributed by atoms with Crippen LogP contribution in [-0.2, 0) is 20.7 Å². The number of hydrogen-bond acceptors (Lipinski definition) is 5. The summed E-state index contributed by atoms with van der Waals surface area (Å²) in [7, 11) is 0. The fraction of sp³-hybridized carbons (Fsp3) is 0.360. The molecular weight excluding hydrogens is 481 g/mol. The van der Waals surface area contributed by atoms with Crippen LogP contribution in [0.4, 0.5) is 13.2 Å². The Bertz CT molecular complexity index is 1150. The summed E-state index contributed by atoms with van der Waals surface area (Å²) in [5.74, 6) is -2.68. The molecule has 0 spiro atoms. The number of benzene rings is 2. The lowest BCUT2D eigenvalue weighted by molar-refractivity contribution is -0.192. The lowest BCUT2D eigenvalue weighted by Gasteiger charge is -2.32. The van der Waals surface area contributed by atoms with E-state index in [1.807, 2.05) is 36.5 Å². The number of nitrogens with one attached hydrogen (secondary N) is 1. The van der Waals surface area contributed by atoms with Crippen molar-refractivity contribution in [1.82, 2.24) is 9.88 Å². The van der Waals surface area contributed by atoms with Crippen LogP contribution in [0.15, 0.2) is 54.7 Å². The van der Waals surface area contributed by atoms with E-state index < -0.39 is 18.1 Å². The molecule has 0 amide bonds.